The molecule has 0 fully saturated rings. The number of amides is 1. The summed E-state index contributed by atoms with van der Waals surface area (Å²) in [7, 11) is 7.57. The van der Waals surface area contributed by atoms with Gasteiger partial charge in [0.15, 0.2) is 5.96 Å². The van der Waals surface area contributed by atoms with Crippen molar-refractivity contribution in [3.05, 3.63) is 57.8 Å². The van der Waals surface area contributed by atoms with Gasteiger partial charge in [0.05, 0.1) is 13.1 Å². The second-order valence-corrected chi connectivity index (χ2v) is 7.60. The van der Waals surface area contributed by atoms with Crippen LogP contribution in [0.15, 0.2) is 46.0 Å². The van der Waals surface area contributed by atoms with Crippen LogP contribution in [0.25, 0.3) is 0 Å². The van der Waals surface area contributed by atoms with E-state index < -0.39 is 0 Å². The highest BCUT2D eigenvalue weighted by Crippen LogP contribution is 2.15. The molecule has 1 heterocycles. The van der Waals surface area contributed by atoms with Gasteiger partial charge in [-0.15, -0.1) is 0 Å². The summed E-state index contributed by atoms with van der Waals surface area (Å²) in [5.74, 6) is 0.857. The van der Waals surface area contributed by atoms with Crippen LogP contribution in [0.2, 0.25) is 0 Å². The molecular formula is C20H28BrN5O. The van der Waals surface area contributed by atoms with Crippen molar-refractivity contribution >= 4 is 27.8 Å². The number of aromatic nitrogens is 1. The minimum atomic E-state index is 0.00634. The van der Waals surface area contributed by atoms with Gasteiger partial charge in [0, 0.05) is 56.7 Å². The predicted octanol–water partition coefficient (Wildman–Crippen LogP) is 3.09. The summed E-state index contributed by atoms with van der Waals surface area (Å²) in [6, 6.07) is 9.73. The fourth-order valence-electron chi connectivity index (χ4n) is 2.69. The number of rotatable bonds is 6. The standard InChI is InChI=1S/C20H28BrN5O/c1-6-22-20(26(5)14-18-11-17(21)13-25(18)4)23-12-15-7-9-16(10-8-15)19(27)24(2)3/h7-11,13H,6,12,14H2,1-5H3,(H,22,23). The summed E-state index contributed by atoms with van der Waals surface area (Å²) in [6.07, 6.45) is 2.05. The number of aliphatic imine (C=N–C) groups is 1. The summed E-state index contributed by atoms with van der Waals surface area (Å²) >= 11 is 3.51. The third-order valence-corrected chi connectivity index (χ3v) is 4.62. The molecule has 6 nitrogen and oxygen atoms in total. The first-order chi connectivity index (χ1) is 12.8. The van der Waals surface area contributed by atoms with Gasteiger partial charge in [0.2, 0.25) is 0 Å². The molecule has 0 saturated heterocycles. The Morgan fingerprint density at radius 1 is 1.22 bits per heavy atom. The maximum atomic E-state index is 12.0. The second-order valence-electron chi connectivity index (χ2n) is 6.68. The molecule has 0 aliphatic carbocycles. The molecule has 1 aromatic heterocycles. The number of benzene rings is 1. The Morgan fingerprint density at radius 2 is 1.89 bits per heavy atom. The topological polar surface area (TPSA) is 52.9 Å². The third kappa shape index (κ3) is 5.85. The Labute approximate surface area is 170 Å². The van der Waals surface area contributed by atoms with E-state index >= 15 is 0 Å². The van der Waals surface area contributed by atoms with Gasteiger partial charge in [-0.25, -0.2) is 4.99 Å². The molecule has 7 heteroatoms. The average Bonchev–Trinajstić information content (AvgIpc) is 2.95. The van der Waals surface area contributed by atoms with Crippen molar-refractivity contribution in [2.75, 3.05) is 27.7 Å². The molecule has 27 heavy (non-hydrogen) atoms. The summed E-state index contributed by atoms with van der Waals surface area (Å²) in [5.41, 5.74) is 2.95. The lowest BCUT2D eigenvalue weighted by Crippen LogP contribution is -2.38. The first kappa shape index (κ1) is 21.0. The molecule has 0 unspecified atom stereocenters. The molecule has 0 aliphatic rings. The quantitative estimate of drug-likeness (QED) is 0.562. The molecular weight excluding hydrogens is 406 g/mol. The molecule has 0 spiro atoms. The number of carbonyl (C=O) groups is 1. The van der Waals surface area contributed by atoms with Crippen LogP contribution >= 0.6 is 15.9 Å². The molecule has 0 saturated carbocycles. The number of guanidine groups is 1. The number of aryl methyl sites for hydroxylation is 1. The van der Waals surface area contributed by atoms with E-state index in [2.05, 4.69) is 43.7 Å². The van der Waals surface area contributed by atoms with Crippen LogP contribution in [0.1, 0.15) is 28.5 Å². The summed E-state index contributed by atoms with van der Waals surface area (Å²) < 4.78 is 3.17. The first-order valence-corrected chi connectivity index (χ1v) is 9.72. The van der Waals surface area contributed by atoms with Gasteiger partial charge in [0.1, 0.15) is 0 Å². The van der Waals surface area contributed by atoms with Crippen molar-refractivity contribution < 1.29 is 4.79 Å². The summed E-state index contributed by atoms with van der Waals surface area (Å²) in [4.78, 5) is 20.4. The van der Waals surface area contributed by atoms with Gasteiger partial charge in [-0.05, 0) is 46.6 Å². The lowest BCUT2D eigenvalue weighted by Gasteiger charge is -2.22. The van der Waals surface area contributed by atoms with E-state index in [1.54, 1.807) is 19.0 Å². The zero-order valence-corrected chi connectivity index (χ0v) is 18.2. The van der Waals surface area contributed by atoms with E-state index in [-0.39, 0.29) is 5.91 Å². The molecule has 0 bridgehead atoms. The van der Waals surface area contributed by atoms with Crippen LogP contribution in [0, 0.1) is 0 Å². The molecule has 1 N–H and O–H groups in total. The predicted molar refractivity (Wildman–Crippen MR) is 114 cm³/mol. The van der Waals surface area contributed by atoms with Crippen molar-refractivity contribution in [2.24, 2.45) is 12.0 Å². The second kappa shape index (κ2) is 9.60. The van der Waals surface area contributed by atoms with Crippen LogP contribution in [0.5, 0.6) is 0 Å². The largest absolute Gasteiger partial charge is 0.357 e. The Balaban J connectivity index is 2.08. The lowest BCUT2D eigenvalue weighted by atomic mass is 10.1. The van der Waals surface area contributed by atoms with Crippen LogP contribution < -0.4 is 5.32 Å². The zero-order chi connectivity index (χ0) is 20.0. The highest BCUT2D eigenvalue weighted by molar-refractivity contribution is 9.10. The average molecular weight is 434 g/mol. The Kier molecular flexibility index (Phi) is 7.47. The van der Waals surface area contributed by atoms with E-state index in [9.17, 15) is 4.79 Å². The van der Waals surface area contributed by atoms with E-state index in [4.69, 9.17) is 4.99 Å². The van der Waals surface area contributed by atoms with Crippen molar-refractivity contribution in [1.82, 2.24) is 19.7 Å². The van der Waals surface area contributed by atoms with Gasteiger partial charge in [-0.2, -0.15) is 0 Å². The van der Waals surface area contributed by atoms with E-state index in [1.807, 2.05) is 44.6 Å². The normalized spacial score (nSPS) is 11.4. The monoisotopic (exact) mass is 433 g/mol. The minimum Gasteiger partial charge on any atom is -0.357 e. The molecule has 146 valence electrons. The van der Waals surface area contributed by atoms with E-state index in [1.165, 1.54) is 5.69 Å². The number of nitrogens with one attached hydrogen (secondary N) is 1. The highest BCUT2D eigenvalue weighted by Gasteiger charge is 2.10. The van der Waals surface area contributed by atoms with Crippen LogP contribution in [-0.2, 0) is 20.1 Å². The van der Waals surface area contributed by atoms with Crippen LogP contribution in [-0.4, -0.2) is 53.9 Å². The highest BCUT2D eigenvalue weighted by atomic mass is 79.9. The molecule has 0 atom stereocenters. The number of nitrogens with zero attached hydrogens (tertiary/aromatic N) is 4. The SMILES string of the molecule is CCNC(=NCc1ccc(C(=O)N(C)C)cc1)N(C)Cc1cc(Br)cn1C. The first-order valence-electron chi connectivity index (χ1n) is 8.92. The fraction of sp³-hybridized carbons (Fsp3) is 0.400. The van der Waals surface area contributed by atoms with Crippen molar-refractivity contribution in [3.8, 4) is 0 Å². The van der Waals surface area contributed by atoms with Crippen molar-refractivity contribution in [3.63, 3.8) is 0 Å². The van der Waals surface area contributed by atoms with Gasteiger partial charge in [0.25, 0.3) is 5.91 Å². The van der Waals surface area contributed by atoms with Gasteiger partial charge in [-0.1, -0.05) is 12.1 Å². The van der Waals surface area contributed by atoms with Gasteiger partial charge >= 0.3 is 0 Å². The van der Waals surface area contributed by atoms with Gasteiger partial charge in [-0.3, -0.25) is 4.79 Å². The van der Waals surface area contributed by atoms with Crippen molar-refractivity contribution in [1.29, 1.82) is 0 Å². The third-order valence-electron chi connectivity index (χ3n) is 4.19. The molecule has 0 radical (unpaired) electrons. The molecule has 2 rings (SSSR count). The van der Waals surface area contributed by atoms with Crippen LogP contribution in [0.3, 0.4) is 0 Å². The maximum absolute atomic E-state index is 12.0. The zero-order valence-electron chi connectivity index (χ0n) is 16.7. The summed E-state index contributed by atoms with van der Waals surface area (Å²) in [5, 5.41) is 3.34. The Hall–Kier alpha value is -2.28. The number of hydrogen-bond donors (Lipinski definition) is 1. The van der Waals surface area contributed by atoms with Crippen LogP contribution in [0.4, 0.5) is 0 Å². The molecule has 1 aromatic carbocycles. The smallest absolute Gasteiger partial charge is 0.253 e. The number of carbonyl (C=O) groups excluding carboxylic acids is 1. The fourth-order valence-corrected chi connectivity index (χ4v) is 3.26. The van der Waals surface area contributed by atoms with E-state index in [0.717, 1.165) is 29.1 Å². The lowest BCUT2D eigenvalue weighted by molar-refractivity contribution is 0.0827. The maximum Gasteiger partial charge on any atom is 0.253 e. The van der Waals surface area contributed by atoms with Crippen molar-refractivity contribution in [2.45, 2.75) is 20.0 Å². The molecule has 0 aliphatic heterocycles. The van der Waals surface area contributed by atoms with Gasteiger partial charge < -0.3 is 19.7 Å². The Bertz CT molecular complexity index is 795. The molecule has 2 aromatic rings. The minimum absolute atomic E-state index is 0.00634. The number of hydrogen-bond acceptors (Lipinski definition) is 2. The molecule has 1 amide bonds. The summed E-state index contributed by atoms with van der Waals surface area (Å²) in [6.45, 7) is 4.17. The number of halogens is 1. The Morgan fingerprint density at radius 3 is 2.41 bits per heavy atom. The van der Waals surface area contributed by atoms with E-state index in [0.29, 0.717) is 12.1 Å².